The molecule has 0 rings (SSSR count). The van der Waals surface area contributed by atoms with Crippen molar-refractivity contribution in [2.75, 3.05) is 0 Å². The molecule has 0 unspecified atom stereocenters. The van der Waals surface area contributed by atoms with Crippen LogP contribution in [-0.4, -0.2) is 11.2 Å². The quantitative estimate of drug-likeness (QED) is 0.596. The lowest BCUT2D eigenvalue weighted by Crippen LogP contribution is -2.13. The minimum absolute atomic E-state index is 0.390. The van der Waals surface area contributed by atoms with Gasteiger partial charge in [-0.1, -0.05) is 39.0 Å². The number of rotatable bonds is 7. The maximum atomic E-state index is 11.9. The van der Waals surface area contributed by atoms with E-state index in [1.807, 2.05) is 0 Å². The van der Waals surface area contributed by atoms with Crippen LogP contribution >= 0.6 is 0 Å². The van der Waals surface area contributed by atoms with Crippen LogP contribution in [0.3, 0.4) is 0 Å². The SMILES string of the molecule is CCCCCCCCC(O)(F)F. The van der Waals surface area contributed by atoms with Crippen molar-refractivity contribution >= 4 is 0 Å². The fourth-order valence-corrected chi connectivity index (χ4v) is 1.12. The molecular weight excluding hydrogens is 162 g/mol. The van der Waals surface area contributed by atoms with Crippen LogP contribution in [0.15, 0.2) is 0 Å². The largest absolute Gasteiger partial charge is 0.353 e. The average Bonchev–Trinajstić information content (AvgIpc) is 1.94. The molecule has 0 amide bonds. The zero-order valence-electron chi connectivity index (χ0n) is 7.65. The standard InChI is InChI=1S/C9H18F2O/c1-2-3-4-5-6-7-8-9(10,11)12/h12H,2-8H2,1H3. The zero-order valence-corrected chi connectivity index (χ0v) is 7.65. The van der Waals surface area contributed by atoms with Crippen LogP contribution in [0.2, 0.25) is 0 Å². The Bertz CT molecular complexity index is 99.2. The smallest absolute Gasteiger partial charge is 0.336 e. The molecule has 0 aromatic carbocycles. The molecule has 0 spiro atoms. The van der Waals surface area contributed by atoms with Crippen LogP contribution in [0.25, 0.3) is 0 Å². The Labute approximate surface area is 72.8 Å². The van der Waals surface area contributed by atoms with E-state index in [9.17, 15) is 8.78 Å². The summed E-state index contributed by atoms with van der Waals surface area (Å²) in [6.45, 7) is 2.11. The fraction of sp³-hybridized carbons (Fsp3) is 1.00. The van der Waals surface area contributed by atoms with Crippen molar-refractivity contribution in [2.24, 2.45) is 0 Å². The maximum absolute atomic E-state index is 11.9. The van der Waals surface area contributed by atoms with Gasteiger partial charge in [0, 0.05) is 6.42 Å². The first-order chi connectivity index (χ1) is 5.56. The molecule has 3 heteroatoms. The number of hydrogen-bond donors (Lipinski definition) is 1. The van der Waals surface area contributed by atoms with Gasteiger partial charge in [-0.25, -0.2) is 0 Å². The molecule has 0 atom stereocenters. The van der Waals surface area contributed by atoms with E-state index in [0.717, 1.165) is 25.7 Å². The highest BCUT2D eigenvalue weighted by atomic mass is 19.3. The van der Waals surface area contributed by atoms with Crippen LogP contribution < -0.4 is 0 Å². The lowest BCUT2D eigenvalue weighted by atomic mass is 10.1. The Hall–Kier alpha value is -0.180. The summed E-state index contributed by atoms with van der Waals surface area (Å²) in [5, 5.41) is 8.09. The van der Waals surface area contributed by atoms with E-state index >= 15 is 0 Å². The first kappa shape index (κ1) is 11.8. The molecule has 0 aromatic rings. The predicted octanol–water partition coefficient (Wildman–Crippen LogP) is 3.32. The third-order valence-electron chi connectivity index (χ3n) is 1.83. The van der Waals surface area contributed by atoms with Gasteiger partial charge >= 0.3 is 6.11 Å². The van der Waals surface area contributed by atoms with Crippen molar-refractivity contribution in [3.63, 3.8) is 0 Å². The van der Waals surface area contributed by atoms with Crippen molar-refractivity contribution in [1.29, 1.82) is 0 Å². The lowest BCUT2D eigenvalue weighted by Gasteiger charge is -2.07. The summed E-state index contributed by atoms with van der Waals surface area (Å²) in [6, 6.07) is 0. The monoisotopic (exact) mass is 180 g/mol. The van der Waals surface area contributed by atoms with E-state index in [1.165, 1.54) is 6.42 Å². The highest BCUT2D eigenvalue weighted by Crippen LogP contribution is 2.18. The Kier molecular flexibility index (Phi) is 6.25. The normalized spacial score (nSPS) is 12.0. The van der Waals surface area contributed by atoms with Crippen LogP contribution in [0.1, 0.15) is 51.9 Å². The molecule has 1 nitrogen and oxygen atoms in total. The lowest BCUT2D eigenvalue weighted by molar-refractivity contribution is -0.203. The molecule has 0 radical (unpaired) electrons. The van der Waals surface area contributed by atoms with Crippen molar-refractivity contribution in [1.82, 2.24) is 0 Å². The summed E-state index contributed by atoms with van der Waals surface area (Å²) in [6.07, 6.45) is 1.84. The minimum Gasteiger partial charge on any atom is -0.336 e. The molecule has 0 aliphatic rings. The Balaban J connectivity index is 3.01. The van der Waals surface area contributed by atoms with Gasteiger partial charge in [-0.05, 0) is 6.42 Å². The summed E-state index contributed by atoms with van der Waals surface area (Å²) < 4.78 is 23.7. The summed E-state index contributed by atoms with van der Waals surface area (Å²) in [5.41, 5.74) is 0. The molecule has 74 valence electrons. The van der Waals surface area contributed by atoms with Gasteiger partial charge < -0.3 is 5.11 Å². The molecule has 0 aromatic heterocycles. The second-order valence-corrected chi connectivity index (χ2v) is 3.18. The molecule has 12 heavy (non-hydrogen) atoms. The van der Waals surface area contributed by atoms with Gasteiger partial charge in [0.1, 0.15) is 0 Å². The van der Waals surface area contributed by atoms with Gasteiger partial charge in [0.15, 0.2) is 0 Å². The number of alkyl halides is 2. The van der Waals surface area contributed by atoms with Gasteiger partial charge in [0.25, 0.3) is 0 Å². The molecule has 1 N–H and O–H groups in total. The second-order valence-electron chi connectivity index (χ2n) is 3.18. The topological polar surface area (TPSA) is 20.2 Å². The van der Waals surface area contributed by atoms with E-state index in [-0.39, 0.29) is 6.42 Å². The Morgan fingerprint density at radius 1 is 1.00 bits per heavy atom. The van der Waals surface area contributed by atoms with Gasteiger partial charge in [0.2, 0.25) is 0 Å². The minimum atomic E-state index is -3.45. The zero-order chi connectivity index (χ0) is 9.45. The van der Waals surface area contributed by atoms with E-state index in [2.05, 4.69) is 6.92 Å². The van der Waals surface area contributed by atoms with Crippen molar-refractivity contribution in [3.05, 3.63) is 0 Å². The van der Waals surface area contributed by atoms with Crippen LogP contribution in [-0.2, 0) is 0 Å². The van der Waals surface area contributed by atoms with Crippen LogP contribution in [0.4, 0.5) is 8.78 Å². The molecule has 0 heterocycles. The van der Waals surface area contributed by atoms with Crippen molar-refractivity contribution in [2.45, 2.75) is 58.0 Å². The third kappa shape index (κ3) is 9.82. The number of aliphatic hydroxyl groups is 1. The first-order valence-electron chi connectivity index (χ1n) is 4.66. The predicted molar refractivity (Wildman–Crippen MR) is 45.2 cm³/mol. The van der Waals surface area contributed by atoms with Crippen molar-refractivity contribution in [3.8, 4) is 0 Å². The molecule has 0 aliphatic carbocycles. The Morgan fingerprint density at radius 3 is 2.00 bits per heavy atom. The third-order valence-corrected chi connectivity index (χ3v) is 1.83. The van der Waals surface area contributed by atoms with Gasteiger partial charge in [-0.15, -0.1) is 0 Å². The molecular formula is C9H18F2O. The first-order valence-corrected chi connectivity index (χ1v) is 4.66. The highest BCUT2D eigenvalue weighted by molar-refractivity contribution is 4.50. The molecule has 0 fully saturated rings. The summed E-state index contributed by atoms with van der Waals surface area (Å²) in [5.74, 6) is 0. The van der Waals surface area contributed by atoms with Crippen LogP contribution in [0, 0.1) is 0 Å². The average molecular weight is 180 g/mol. The van der Waals surface area contributed by atoms with Crippen LogP contribution in [0.5, 0.6) is 0 Å². The number of halogens is 2. The molecule has 0 saturated carbocycles. The van der Waals surface area contributed by atoms with E-state index in [1.54, 1.807) is 0 Å². The molecule has 0 bridgehead atoms. The molecule has 0 aliphatic heterocycles. The summed E-state index contributed by atoms with van der Waals surface area (Å²) in [4.78, 5) is 0. The van der Waals surface area contributed by atoms with E-state index in [4.69, 9.17) is 5.11 Å². The highest BCUT2D eigenvalue weighted by Gasteiger charge is 2.22. The van der Waals surface area contributed by atoms with Gasteiger partial charge in [-0.2, -0.15) is 8.78 Å². The van der Waals surface area contributed by atoms with E-state index < -0.39 is 6.11 Å². The maximum Gasteiger partial charge on any atom is 0.353 e. The molecule has 0 saturated heterocycles. The Morgan fingerprint density at radius 2 is 1.50 bits per heavy atom. The van der Waals surface area contributed by atoms with E-state index in [0.29, 0.717) is 6.42 Å². The van der Waals surface area contributed by atoms with Gasteiger partial charge in [0.05, 0.1) is 0 Å². The van der Waals surface area contributed by atoms with Crippen molar-refractivity contribution < 1.29 is 13.9 Å². The summed E-state index contributed by atoms with van der Waals surface area (Å²) >= 11 is 0. The number of hydrogen-bond acceptors (Lipinski definition) is 1. The van der Waals surface area contributed by atoms with Gasteiger partial charge in [-0.3, -0.25) is 0 Å². The second kappa shape index (κ2) is 6.35. The number of unbranched alkanes of at least 4 members (excludes halogenated alkanes) is 5. The fourth-order valence-electron chi connectivity index (χ4n) is 1.12. The summed E-state index contributed by atoms with van der Waals surface area (Å²) in [7, 11) is 0.